The maximum atomic E-state index is 11.1. The minimum absolute atomic E-state index is 0.582. The first-order valence-electron chi connectivity index (χ1n) is 9.80. The Morgan fingerprint density at radius 2 is 1.86 bits per heavy atom. The molecule has 1 aliphatic rings. The zero-order valence-electron chi connectivity index (χ0n) is 15.7. The lowest BCUT2D eigenvalue weighted by Gasteiger charge is -2.38. The molecule has 6 heteroatoms. The molecule has 0 bridgehead atoms. The van der Waals surface area contributed by atoms with Gasteiger partial charge in [0.15, 0.2) is 0 Å². The van der Waals surface area contributed by atoms with Gasteiger partial charge in [0, 0.05) is 31.4 Å². The van der Waals surface area contributed by atoms with Crippen molar-refractivity contribution in [3.8, 4) is 0 Å². The highest BCUT2D eigenvalue weighted by atomic mass is 16.6. The van der Waals surface area contributed by atoms with Gasteiger partial charge in [-0.2, -0.15) is 0 Å². The molecular weight excluding hydrogens is 354 g/mol. The molecular formula is C22H23N3O3. The molecule has 0 unspecified atom stereocenters. The van der Waals surface area contributed by atoms with Crippen LogP contribution in [0.2, 0.25) is 0 Å². The van der Waals surface area contributed by atoms with Crippen molar-refractivity contribution in [2.24, 2.45) is 0 Å². The summed E-state index contributed by atoms with van der Waals surface area (Å²) in [4.78, 5) is 2.43. The number of aromatic nitrogens is 2. The SMILES string of the molecule is OC1(Cc2cccc3nonc23)CCN(CCc2coc3ccccc23)CC1. The Labute approximate surface area is 162 Å². The lowest BCUT2D eigenvalue weighted by atomic mass is 9.85. The molecule has 0 saturated carbocycles. The summed E-state index contributed by atoms with van der Waals surface area (Å²) in [7, 11) is 0. The van der Waals surface area contributed by atoms with E-state index in [1.165, 1.54) is 10.9 Å². The van der Waals surface area contributed by atoms with Gasteiger partial charge in [-0.1, -0.05) is 30.3 Å². The van der Waals surface area contributed by atoms with Gasteiger partial charge in [-0.05, 0) is 52.8 Å². The number of nitrogens with zero attached hydrogens (tertiary/aromatic N) is 3. The van der Waals surface area contributed by atoms with Crippen molar-refractivity contribution >= 4 is 22.0 Å². The molecule has 2 aromatic heterocycles. The quantitative estimate of drug-likeness (QED) is 0.573. The molecule has 0 radical (unpaired) electrons. The van der Waals surface area contributed by atoms with Gasteiger partial charge in [0.2, 0.25) is 0 Å². The fourth-order valence-corrected chi connectivity index (χ4v) is 4.23. The van der Waals surface area contributed by atoms with Gasteiger partial charge in [0.1, 0.15) is 16.6 Å². The van der Waals surface area contributed by atoms with E-state index in [0.29, 0.717) is 6.42 Å². The summed E-state index contributed by atoms with van der Waals surface area (Å²) in [5, 5.41) is 20.2. The van der Waals surface area contributed by atoms with Crippen LogP contribution in [0.15, 0.2) is 57.8 Å². The highest BCUT2D eigenvalue weighted by Crippen LogP contribution is 2.29. The molecule has 3 heterocycles. The Morgan fingerprint density at radius 3 is 2.75 bits per heavy atom. The van der Waals surface area contributed by atoms with Crippen LogP contribution >= 0.6 is 0 Å². The molecule has 0 spiro atoms. The van der Waals surface area contributed by atoms with Crippen molar-refractivity contribution < 1.29 is 14.2 Å². The maximum Gasteiger partial charge on any atom is 0.138 e. The lowest BCUT2D eigenvalue weighted by Crippen LogP contribution is -2.46. The van der Waals surface area contributed by atoms with Gasteiger partial charge < -0.3 is 14.4 Å². The van der Waals surface area contributed by atoms with E-state index in [-0.39, 0.29) is 0 Å². The largest absolute Gasteiger partial charge is 0.464 e. The van der Waals surface area contributed by atoms with Crippen LogP contribution < -0.4 is 0 Å². The number of hydrogen-bond donors (Lipinski definition) is 1. The minimum atomic E-state index is -0.702. The van der Waals surface area contributed by atoms with Crippen LogP contribution in [-0.2, 0) is 12.8 Å². The normalized spacial score (nSPS) is 17.5. The maximum absolute atomic E-state index is 11.1. The lowest BCUT2D eigenvalue weighted by molar-refractivity contribution is -0.0201. The molecule has 1 aliphatic heterocycles. The second kappa shape index (κ2) is 7.04. The molecule has 1 N–H and O–H groups in total. The average Bonchev–Trinajstić information content (AvgIpc) is 3.35. The van der Waals surface area contributed by atoms with Crippen molar-refractivity contribution in [1.29, 1.82) is 0 Å². The highest BCUT2D eigenvalue weighted by Gasteiger charge is 2.33. The molecule has 6 nitrogen and oxygen atoms in total. The van der Waals surface area contributed by atoms with Crippen LogP contribution in [0.3, 0.4) is 0 Å². The third-order valence-corrected chi connectivity index (χ3v) is 5.93. The smallest absolute Gasteiger partial charge is 0.138 e. The fourth-order valence-electron chi connectivity index (χ4n) is 4.23. The molecule has 0 atom stereocenters. The molecule has 1 fully saturated rings. The van der Waals surface area contributed by atoms with Crippen molar-refractivity contribution in [2.75, 3.05) is 19.6 Å². The number of hydrogen-bond acceptors (Lipinski definition) is 6. The first-order chi connectivity index (χ1) is 13.7. The highest BCUT2D eigenvalue weighted by molar-refractivity contribution is 5.80. The third-order valence-electron chi connectivity index (χ3n) is 5.93. The number of fused-ring (bicyclic) bond motifs is 2. The number of rotatable bonds is 5. The van der Waals surface area contributed by atoms with E-state index in [1.54, 1.807) is 0 Å². The van der Waals surface area contributed by atoms with E-state index in [0.717, 1.165) is 61.1 Å². The summed E-state index contributed by atoms with van der Waals surface area (Å²) in [6.45, 7) is 2.75. The molecule has 0 amide bonds. The Morgan fingerprint density at radius 1 is 1.00 bits per heavy atom. The Kier molecular flexibility index (Phi) is 4.37. The molecule has 2 aromatic carbocycles. The first kappa shape index (κ1) is 17.4. The van der Waals surface area contributed by atoms with Gasteiger partial charge in [-0.15, -0.1) is 0 Å². The molecule has 1 saturated heterocycles. The Bertz CT molecular complexity index is 1090. The Hall–Kier alpha value is -2.70. The van der Waals surface area contributed by atoms with E-state index >= 15 is 0 Å². The van der Waals surface area contributed by atoms with Crippen LogP contribution in [0.5, 0.6) is 0 Å². The summed E-state index contributed by atoms with van der Waals surface area (Å²) in [6.07, 6.45) is 4.91. The van der Waals surface area contributed by atoms with E-state index in [1.807, 2.05) is 42.7 Å². The van der Waals surface area contributed by atoms with Crippen LogP contribution in [0.25, 0.3) is 22.0 Å². The number of piperidine rings is 1. The predicted octanol–water partition coefficient (Wildman–Crippen LogP) is 3.58. The summed E-state index contributed by atoms with van der Waals surface area (Å²) in [5.74, 6) is 0. The van der Waals surface area contributed by atoms with E-state index in [4.69, 9.17) is 9.05 Å². The number of aliphatic hydroxyl groups is 1. The predicted molar refractivity (Wildman–Crippen MR) is 106 cm³/mol. The van der Waals surface area contributed by atoms with Crippen LogP contribution in [-0.4, -0.2) is 45.6 Å². The summed E-state index contributed by atoms with van der Waals surface area (Å²) in [5.41, 5.74) is 3.99. The summed E-state index contributed by atoms with van der Waals surface area (Å²) < 4.78 is 10.5. The standard InChI is InChI=1S/C22H23N3O3/c26-22(14-16-4-3-6-19-21(16)24-28-23-19)9-12-25(13-10-22)11-8-17-15-27-20-7-2-1-5-18(17)20/h1-7,15,26H,8-14H2. The zero-order valence-corrected chi connectivity index (χ0v) is 15.7. The average molecular weight is 377 g/mol. The Balaban J connectivity index is 1.20. The number of likely N-dealkylation sites (tertiary alicyclic amines) is 1. The van der Waals surface area contributed by atoms with E-state index in [2.05, 4.69) is 21.3 Å². The monoisotopic (exact) mass is 377 g/mol. The van der Waals surface area contributed by atoms with Crippen molar-refractivity contribution in [3.63, 3.8) is 0 Å². The minimum Gasteiger partial charge on any atom is -0.464 e. The van der Waals surface area contributed by atoms with E-state index < -0.39 is 5.60 Å². The van der Waals surface area contributed by atoms with Crippen LogP contribution in [0.4, 0.5) is 0 Å². The van der Waals surface area contributed by atoms with E-state index in [9.17, 15) is 5.11 Å². The topological polar surface area (TPSA) is 75.5 Å². The second-order valence-electron chi connectivity index (χ2n) is 7.80. The number of benzene rings is 2. The van der Waals surface area contributed by atoms with Gasteiger partial charge >= 0.3 is 0 Å². The first-order valence-corrected chi connectivity index (χ1v) is 9.80. The molecule has 5 rings (SSSR count). The number of para-hydroxylation sites is 1. The van der Waals surface area contributed by atoms with Crippen molar-refractivity contribution in [2.45, 2.75) is 31.3 Å². The van der Waals surface area contributed by atoms with Crippen molar-refractivity contribution in [1.82, 2.24) is 15.2 Å². The molecule has 4 aromatic rings. The van der Waals surface area contributed by atoms with Gasteiger partial charge in [0.05, 0.1) is 11.9 Å². The molecule has 144 valence electrons. The molecule has 0 aliphatic carbocycles. The van der Waals surface area contributed by atoms with Gasteiger partial charge in [-0.3, -0.25) is 0 Å². The zero-order chi connectivity index (χ0) is 19.0. The third kappa shape index (κ3) is 3.30. The number of furan rings is 1. The van der Waals surface area contributed by atoms with Gasteiger partial charge in [0.25, 0.3) is 0 Å². The van der Waals surface area contributed by atoms with Crippen LogP contribution in [0.1, 0.15) is 24.0 Å². The molecule has 28 heavy (non-hydrogen) atoms. The second-order valence-corrected chi connectivity index (χ2v) is 7.80. The fraction of sp³-hybridized carbons (Fsp3) is 0.364. The summed E-state index contributed by atoms with van der Waals surface area (Å²) >= 11 is 0. The summed E-state index contributed by atoms with van der Waals surface area (Å²) in [6, 6.07) is 14.0. The van der Waals surface area contributed by atoms with Crippen molar-refractivity contribution in [3.05, 3.63) is 59.9 Å². The van der Waals surface area contributed by atoms with Gasteiger partial charge in [-0.25, -0.2) is 4.63 Å². The van der Waals surface area contributed by atoms with Crippen LogP contribution in [0, 0.1) is 0 Å².